The highest BCUT2D eigenvalue weighted by Gasteiger charge is 2.18. The van der Waals surface area contributed by atoms with Crippen LogP contribution in [0.1, 0.15) is 72.3 Å². The Hall–Kier alpha value is -16.2. The minimum Gasteiger partial charge on any atom is -0.407 e. The monoisotopic (exact) mass is 1940 g/mol. The van der Waals surface area contributed by atoms with Crippen LogP contribution in [0.5, 0.6) is 34.5 Å². The molecule has 0 aromatic heterocycles. The lowest BCUT2D eigenvalue weighted by atomic mass is 9.95. The van der Waals surface area contributed by atoms with Crippen molar-refractivity contribution in [1.29, 1.82) is 0 Å². The minimum absolute atomic E-state index is 0.282. The summed E-state index contributed by atoms with van der Waals surface area (Å²) in [4.78, 5) is 0. The Labute approximate surface area is 843 Å². The number of benzene rings is 10. The SMILES string of the molecule is C#CC#CC#CC#CC#COc1cc(CCl)c(-c2ccccc2)cc1CCl.C#CC#CC#CC#CC#COc1ccc(-c2cc(CCl)c(C)cc2CCl)cc1.C#CC#CC#CC#CC#COc1cccc(-c2cc(CCl)c(C)cc2CCl)c1.C#CC#CC#CC#COc1cc(CCl)c(-c2ccccc2)cc1CCl.C#CC#COc1ccc(-c2cc(CCl)c(C)cc2CCl)cc1OC#CC#C. The van der Waals surface area contributed by atoms with E-state index in [1.165, 1.54) is 0 Å². The maximum absolute atomic E-state index is 6.14. The van der Waals surface area contributed by atoms with Gasteiger partial charge in [0.15, 0.2) is 11.5 Å². The van der Waals surface area contributed by atoms with Gasteiger partial charge in [-0.25, -0.2) is 0 Å². The lowest BCUT2D eigenvalue weighted by Gasteiger charge is -2.14. The molecule has 0 N–H and O–H groups in total. The van der Waals surface area contributed by atoms with Crippen molar-refractivity contribution < 1.29 is 28.4 Å². The molecule has 0 aliphatic heterocycles. The Morgan fingerprint density at radius 3 is 0.778 bits per heavy atom. The average Bonchev–Trinajstić information content (AvgIpc) is 1.03. The standard InChI is InChI=1S/2C25H14Cl2O.C24H12Cl2O.C23H14Cl2O2.C22H12Cl2O/c1-3-4-5-6-7-8-9-10-15-28-24-13-11-21(12-14-24)25-17-22(18-26)20(2)16-23(25)19-27;1-3-4-5-6-7-8-9-10-14-28-24-13-11-12-21(16-24)25-17-22(18-26)20(2)15-23(25)19-27;1-2-3-4-5-6-7-8-12-15-27-24-17-21(18-25)23(16-22(24)19-26)20-13-10-9-11-14-20;1-4-6-10-26-22-9-8-18(14-23(22)27-11-7-5-2)21-13-19(15-24)17(3)12-20(21)16-25;1-2-3-4-5-6-10-13-25-22-15-19(16-23)21(14-20(22)17-24)18-11-8-7-9-12-18/h1,11-14,16-17H,18-19H2,2H3;1,11-13,15-17H,18-19H2,2H3;1,9-11,13-14,16-17H,18-19H2;1-2,8-9,12-14H,15-16H2,3H3;1,7-9,11-12,14-15H,16-17H2. The zero-order valence-electron chi connectivity index (χ0n) is 72.2. The van der Waals surface area contributed by atoms with Crippen LogP contribution in [-0.4, -0.2) is 0 Å². The largest absolute Gasteiger partial charge is 0.407 e. The van der Waals surface area contributed by atoms with E-state index in [2.05, 4.69) is 262 Å². The van der Waals surface area contributed by atoms with Crippen LogP contribution in [0.2, 0.25) is 0 Å². The van der Waals surface area contributed by atoms with Crippen LogP contribution < -0.4 is 28.4 Å². The number of terminal acetylenes is 6. The molecule has 0 heterocycles. The number of rotatable bonds is 21. The van der Waals surface area contributed by atoms with Gasteiger partial charge < -0.3 is 28.4 Å². The molecule has 0 atom stereocenters. The molecule has 10 rings (SSSR count). The predicted octanol–water partition coefficient (Wildman–Crippen LogP) is 25.0. The van der Waals surface area contributed by atoms with Gasteiger partial charge in [-0.2, -0.15) is 0 Å². The van der Waals surface area contributed by atoms with Crippen molar-refractivity contribution in [3.05, 3.63) is 260 Å². The van der Waals surface area contributed by atoms with Gasteiger partial charge in [0.2, 0.25) is 0 Å². The Morgan fingerprint density at radius 1 is 0.185 bits per heavy atom. The molecule has 0 bridgehead atoms. The molecule has 135 heavy (non-hydrogen) atoms. The molecule has 648 valence electrons. The second kappa shape index (κ2) is 64.5. The number of hydrogen-bond acceptors (Lipinski definition) is 6. The summed E-state index contributed by atoms with van der Waals surface area (Å²) in [5, 5.41) is 0. The van der Waals surface area contributed by atoms with Crippen molar-refractivity contribution in [2.75, 3.05) is 0 Å². The highest BCUT2D eigenvalue weighted by atomic mass is 35.5. The molecule has 0 spiro atoms. The van der Waals surface area contributed by atoms with Gasteiger partial charge in [-0.1, -0.05) is 109 Å². The third kappa shape index (κ3) is 37.6. The fourth-order valence-corrected chi connectivity index (χ4v) is 13.7. The van der Waals surface area contributed by atoms with E-state index in [1.54, 1.807) is 12.1 Å². The summed E-state index contributed by atoms with van der Waals surface area (Å²) >= 11 is 60.9. The first kappa shape index (κ1) is 108. The molecular weight excluding hydrogens is 1880 g/mol. The maximum atomic E-state index is 6.14. The summed E-state index contributed by atoms with van der Waals surface area (Å²) in [5.74, 6) is 89.3. The van der Waals surface area contributed by atoms with E-state index in [0.29, 0.717) is 87.4 Å². The van der Waals surface area contributed by atoms with E-state index in [-0.39, 0.29) is 5.88 Å². The quantitative estimate of drug-likeness (QED) is 0.0528. The summed E-state index contributed by atoms with van der Waals surface area (Å²) in [7, 11) is 0. The van der Waals surface area contributed by atoms with Crippen molar-refractivity contribution in [2.24, 2.45) is 0 Å². The van der Waals surface area contributed by atoms with Crippen LogP contribution in [-0.2, 0) is 58.8 Å². The van der Waals surface area contributed by atoms with Crippen molar-refractivity contribution in [1.82, 2.24) is 0 Å². The van der Waals surface area contributed by atoms with Crippen molar-refractivity contribution in [3.63, 3.8) is 0 Å². The van der Waals surface area contributed by atoms with Crippen LogP contribution in [0, 0.1) is 297 Å². The molecule has 0 aliphatic rings. The van der Waals surface area contributed by atoms with E-state index >= 15 is 0 Å². The summed E-state index contributed by atoms with van der Waals surface area (Å²) in [5.41, 5.74) is 23.2. The Bertz CT molecular complexity index is 7490. The van der Waals surface area contributed by atoms with Gasteiger partial charge in [0, 0.05) is 159 Å². The highest BCUT2D eigenvalue weighted by Crippen LogP contribution is 2.39. The normalized spacial score (nSPS) is 8.47. The van der Waals surface area contributed by atoms with Crippen LogP contribution in [0.4, 0.5) is 0 Å². The molecule has 0 saturated carbocycles. The van der Waals surface area contributed by atoms with Crippen LogP contribution >= 0.6 is 116 Å². The molecule has 10 aromatic carbocycles. The lowest BCUT2D eigenvalue weighted by Crippen LogP contribution is -1.95. The fraction of sp³-hybridized carbons (Fsp3) is 0.109. The molecule has 16 heteroatoms. The van der Waals surface area contributed by atoms with Gasteiger partial charge in [-0.15, -0.1) is 155 Å². The van der Waals surface area contributed by atoms with Crippen molar-refractivity contribution in [3.8, 4) is 367 Å². The molecule has 0 radical (unpaired) electrons. The fourth-order valence-electron chi connectivity index (χ4n) is 11.4. The highest BCUT2D eigenvalue weighted by molar-refractivity contribution is 6.20. The average molecular weight is 1950 g/mol. The Balaban J connectivity index is 0.000000259. The van der Waals surface area contributed by atoms with Gasteiger partial charge in [0.25, 0.3) is 0 Å². The molecule has 0 unspecified atom stereocenters. The van der Waals surface area contributed by atoms with Gasteiger partial charge >= 0.3 is 0 Å². The number of aryl methyl sites for hydroxylation is 3. The minimum atomic E-state index is 0.282. The summed E-state index contributed by atoms with van der Waals surface area (Å²) in [6.07, 6.45) is 45.0. The van der Waals surface area contributed by atoms with E-state index in [9.17, 15) is 0 Å². The maximum Gasteiger partial charge on any atom is 0.184 e. The van der Waals surface area contributed by atoms with Crippen LogP contribution in [0.3, 0.4) is 0 Å². The summed E-state index contributed by atoms with van der Waals surface area (Å²) in [6.45, 7) is 6.06. The van der Waals surface area contributed by atoms with Gasteiger partial charge in [0.05, 0.1) is 11.8 Å². The zero-order valence-corrected chi connectivity index (χ0v) is 79.7. The molecule has 6 nitrogen and oxygen atoms in total. The van der Waals surface area contributed by atoms with Crippen LogP contribution in [0.25, 0.3) is 55.6 Å². The predicted molar refractivity (Wildman–Crippen MR) is 558 cm³/mol. The van der Waals surface area contributed by atoms with E-state index in [0.717, 1.165) is 128 Å². The first-order valence-electron chi connectivity index (χ1n) is 39.1. The topological polar surface area (TPSA) is 55.4 Å². The zero-order chi connectivity index (χ0) is 97.3. The number of halogens is 10. The molecule has 0 amide bonds. The summed E-state index contributed by atoms with van der Waals surface area (Å²) in [6, 6.07) is 60.5. The number of ether oxygens (including phenoxy) is 6. The Morgan fingerprint density at radius 2 is 0.437 bits per heavy atom. The lowest BCUT2D eigenvalue weighted by molar-refractivity contribution is 0.452. The third-order valence-corrected chi connectivity index (χ3v) is 20.4. The van der Waals surface area contributed by atoms with E-state index < -0.39 is 0 Å². The van der Waals surface area contributed by atoms with Crippen molar-refractivity contribution in [2.45, 2.75) is 79.6 Å². The first-order valence-corrected chi connectivity index (χ1v) is 44.5. The van der Waals surface area contributed by atoms with E-state index in [4.69, 9.17) is 183 Å². The molecule has 10 aromatic rings. The van der Waals surface area contributed by atoms with Gasteiger partial charge in [0.1, 0.15) is 59.6 Å². The third-order valence-electron chi connectivity index (χ3n) is 17.5. The van der Waals surface area contributed by atoms with Gasteiger partial charge in [-0.3, -0.25) is 0 Å². The second-order valence-electron chi connectivity index (χ2n) is 25.9. The van der Waals surface area contributed by atoms with Crippen molar-refractivity contribution >= 4 is 116 Å². The molecule has 0 fully saturated rings. The molecule has 0 saturated heterocycles. The second-order valence-corrected chi connectivity index (χ2v) is 28.6. The smallest absolute Gasteiger partial charge is 0.184 e. The Kier molecular flexibility index (Phi) is 51.4. The van der Waals surface area contributed by atoms with Crippen LogP contribution in [0.15, 0.2) is 188 Å². The van der Waals surface area contributed by atoms with Gasteiger partial charge in [-0.05, 0) is 317 Å². The first-order chi connectivity index (χ1) is 66.1. The van der Waals surface area contributed by atoms with E-state index in [1.807, 2.05) is 172 Å². The molecular formula is C119H66Cl10O6. The number of hydrogen-bond donors (Lipinski definition) is 0. The molecule has 0 aliphatic carbocycles. The summed E-state index contributed by atoms with van der Waals surface area (Å²) < 4.78 is 32.5. The number of alkyl halides is 10.